The molecule has 2 atom stereocenters. The molecule has 0 aliphatic heterocycles. The van der Waals surface area contributed by atoms with Crippen molar-refractivity contribution in [2.24, 2.45) is 5.92 Å². The molecule has 0 aromatic heterocycles. The average molecular weight is 206 g/mol. The second-order valence-corrected chi connectivity index (χ2v) is 3.71. The van der Waals surface area contributed by atoms with Crippen LogP contribution >= 0.6 is 0 Å². The van der Waals surface area contributed by atoms with Crippen LogP contribution in [0.15, 0.2) is 24.3 Å². The quantitative estimate of drug-likeness (QED) is 0.709. The molecule has 0 N–H and O–H groups in total. The molecule has 0 amide bonds. The molecule has 2 rings (SSSR count). The number of para-hydroxylation sites is 1. The molecule has 0 unspecified atom stereocenters. The minimum atomic E-state index is -0.120. The lowest BCUT2D eigenvalue weighted by atomic mass is 10.1. The number of rotatable bonds is 3. The van der Waals surface area contributed by atoms with E-state index in [1.807, 2.05) is 24.3 Å². The van der Waals surface area contributed by atoms with E-state index in [2.05, 4.69) is 0 Å². The maximum atomic E-state index is 11.3. The summed E-state index contributed by atoms with van der Waals surface area (Å²) in [6.07, 6.45) is 0.868. The SMILES string of the molecule is COC(=O)[C@@H]1C[C@@H]1c1ccccc1OC. The van der Waals surface area contributed by atoms with Crippen molar-refractivity contribution in [1.29, 1.82) is 0 Å². The van der Waals surface area contributed by atoms with Gasteiger partial charge in [-0.3, -0.25) is 4.79 Å². The van der Waals surface area contributed by atoms with Gasteiger partial charge in [0.25, 0.3) is 0 Å². The molecule has 1 saturated carbocycles. The Morgan fingerprint density at radius 2 is 2.07 bits per heavy atom. The third-order valence-electron chi connectivity index (χ3n) is 2.83. The largest absolute Gasteiger partial charge is 0.496 e. The highest BCUT2D eigenvalue weighted by Crippen LogP contribution is 2.50. The summed E-state index contributed by atoms with van der Waals surface area (Å²) < 4.78 is 9.98. The highest BCUT2D eigenvalue weighted by Gasteiger charge is 2.46. The van der Waals surface area contributed by atoms with Crippen LogP contribution in [0.3, 0.4) is 0 Å². The van der Waals surface area contributed by atoms with Crippen LogP contribution in [-0.2, 0) is 9.53 Å². The van der Waals surface area contributed by atoms with E-state index in [4.69, 9.17) is 9.47 Å². The molecule has 1 fully saturated rings. The summed E-state index contributed by atoms with van der Waals surface area (Å²) in [6, 6.07) is 7.82. The maximum Gasteiger partial charge on any atom is 0.309 e. The van der Waals surface area contributed by atoms with Gasteiger partial charge in [0.1, 0.15) is 5.75 Å². The number of benzene rings is 1. The van der Waals surface area contributed by atoms with Gasteiger partial charge < -0.3 is 9.47 Å². The van der Waals surface area contributed by atoms with Crippen molar-refractivity contribution in [1.82, 2.24) is 0 Å². The van der Waals surface area contributed by atoms with Gasteiger partial charge in [-0.15, -0.1) is 0 Å². The van der Waals surface area contributed by atoms with Crippen LogP contribution in [0.4, 0.5) is 0 Å². The lowest BCUT2D eigenvalue weighted by Gasteiger charge is -2.06. The van der Waals surface area contributed by atoms with Gasteiger partial charge in [-0.05, 0) is 18.1 Å². The van der Waals surface area contributed by atoms with E-state index in [0.717, 1.165) is 17.7 Å². The fourth-order valence-corrected chi connectivity index (χ4v) is 1.92. The summed E-state index contributed by atoms with van der Waals surface area (Å²) in [4.78, 5) is 11.3. The standard InChI is InChI=1S/C12H14O3/c1-14-11-6-4-3-5-8(11)9-7-10(9)12(13)15-2/h3-6,9-10H,7H2,1-2H3/t9-,10-/m1/s1. The van der Waals surface area contributed by atoms with Gasteiger partial charge >= 0.3 is 5.97 Å². The highest BCUT2D eigenvalue weighted by molar-refractivity contribution is 5.77. The molecule has 0 spiro atoms. The number of hydrogen-bond acceptors (Lipinski definition) is 3. The smallest absolute Gasteiger partial charge is 0.309 e. The molecule has 1 aliphatic carbocycles. The number of ether oxygens (including phenoxy) is 2. The first-order valence-corrected chi connectivity index (χ1v) is 4.98. The van der Waals surface area contributed by atoms with Crippen LogP contribution in [0, 0.1) is 5.92 Å². The lowest BCUT2D eigenvalue weighted by molar-refractivity contribution is -0.142. The highest BCUT2D eigenvalue weighted by atomic mass is 16.5. The van der Waals surface area contributed by atoms with Gasteiger partial charge in [0.05, 0.1) is 20.1 Å². The van der Waals surface area contributed by atoms with Crippen molar-refractivity contribution in [3.05, 3.63) is 29.8 Å². The average Bonchev–Trinajstić information content (AvgIpc) is 3.08. The van der Waals surface area contributed by atoms with Crippen LogP contribution in [0.25, 0.3) is 0 Å². The minimum Gasteiger partial charge on any atom is -0.496 e. The Balaban J connectivity index is 2.16. The van der Waals surface area contributed by atoms with E-state index < -0.39 is 0 Å². The topological polar surface area (TPSA) is 35.5 Å². The number of carbonyl (C=O) groups excluding carboxylic acids is 1. The fraction of sp³-hybridized carbons (Fsp3) is 0.417. The van der Waals surface area contributed by atoms with Gasteiger partial charge in [-0.1, -0.05) is 18.2 Å². The molecular formula is C12H14O3. The molecule has 1 aliphatic rings. The number of methoxy groups -OCH3 is 2. The van der Waals surface area contributed by atoms with E-state index >= 15 is 0 Å². The van der Waals surface area contributed by atoms with E-state index in [1.54, 1.807) is 7.11 Å². The summed E-state index contributed by atoms with van der Waals surface area (Å²) in [7, 11) is 3.08. The van der Waals surface area contributed by atoms with Crippen molar-refractivity contribution in [2.45, 2.75) is 12.3 Å². The number of hydrogen-bond donors (Lipinski definition) is 0. The van der Waals surface area contributed by atoms with Gasteiger partial charge in [0.2, 0.25) is 0 Å². The zero-order valence-corrected chi connectivity index (χ0v) is 8.90. The summed E-state index contributed by atoms with van der Waals surface area (Å²) in [6.45, 7) is 0. The zero-order chi connectivity index (χ0) is 10.8. The van der Waals surface area contributed by atoms with Gasteiger partial charge in [-0.25, -0.2) is 0 Å². The van der Waals surface area contributed by atoms with Crippen LogP contribution < -0.4 is 4.74 Å². The Labute approximate surface area is 89.0 Å². The lowest BCUT2D eigenvalue weighted by Crippen LogP contribution is -2.04. The second-order valence-electron chi connectivity index (χ2n) is 3.71. The third kappa shape index (κ3) is 1.82. The minimum absolute atomic E-state index is 0.0197. The van der Waals surface area contributed by atoms with Crippen LogP contribution in [0.1, 0.15) is 17.9 Å². The van der Waals surface area contributed by atoms with Crippen LogP contribution in [0.2, 0.25) is 0 Å². The summed E-state index contributed by atoms with van der Waals surface area (Å²) >= 11 is 0. The molecule has 0 heterocycles. The first kappa shape index (κ1) is 10.0. The first-order valence-electron chi connectivity index (χ1n) is 4.98. The summed E-state index contributed by atoms with van der Waals surface area (Å²) in [5.41, 5.74) is 1.11. The van der Waals surface area contributed by atoms with Crippen molar-refractivity contribution < 1.29 is 14.3 Å². The molecule has 0 saturated heterocycles. The molecule has 3 nitrogen and oxygen atoms in total. The molecule has 0 radical (unpaired) electrons. The molecule has 15 heavy (non-hydrogen) atoms. The molecule has 0 bridgehead atoms. The maximum absolute atomic E-state index is 11.3. The Kier molecular flexibility index (Phi) is 2.62. The summed E-state index contributed by atoms with van der Waals surface area (Å²) in [5.74, 6) is 1.03. The monoisotopic (exact) mass is 206 g/mol. The molecule has 80 valence electrons. The van der Waals surface area contributed by atoms with E-state index in [0.29, 0.717) is 0 Å². The normalized spacial score (nSPS) is 23.3. The van der Waals surface area contributed by atoms with Crippen molar-refractivity contribution in [3.8, 4) is 5.75 Å². The number of esters is 1. The molecular weight excluding hydrogens is 192 g/mol. The van der Waals surface area contributed by atoms with Crippen molar-refractivity contribution >= 4 is 5.97 Å². The van der Waals surface area contributed by atoms with E-state index in [-0.39, 0.29) is 17.8 Å². The van der Waals surface area contributed by atoms with Gasteiger partial charge in [0.15, 0.2) is 0 Å². The molecule has 3 heteroatoms. The molecule has 1 aromatic carbocycles. The number of carbonyl (C=O) groups is 1. The van der Waals surface area contributed by atoms with Crippen LogP contribution in [0.5, 0.6) is 5.75 Å². The van der Waals surface area contributed by atoms with E-state index in [1.165, 1.54) is 7.11 Å². The van der Waals surface area contributed by atoms with E-state index in [9.17, 15) is 4.79 Å². The van der Waals surface area contributed by atoms with Gasteiger partial charge in [-0.2, -0.15) is 0 Å². The Bertz CT molecular complexity index is 373. The predicted molar refractivity (Wildman–Crippen MR) is 55.9 cm³/mol. The van der Waals surface area contributed by atoms with Crippen molar-refractivity contribution in [3.63, 3.8) is 0 Å². The predicted octanol–water partition coefficient (Wildman–Crippen LogP) is 1.97. The fourth-order valence-electron chi connectivity index (χ4n) is 1.92. The summed E-state index contributed by atoms with van der Waals surface area (Å²) in [5, 5.41) is 0. The zero-order valence-electron chi connectivity index (χ0n) is 8.90. The van der Waals surface area contributed by atoms with Crippen molar-refractivity contribution in [2.75, 3.05) is 14.2 Å². The first-order chi connectivity index (χ1) is 7.27. The third-order valence-corrected chi connectivity index (χ3v) is 2.83. The Morgan fingerprint density at radius 1 is 1.33 bits per heavy atom. The second kappa shape index (κ2) is 3.93. The Hall–Kier alpha value is -1.51. The molecule has 1 aromatic rings. The van der Waals surface area contributed by atoms with Gasteiger partial charge in [0, 0.05) is 5.92 Å². The Morgan fingerprint density at radius 3 is 2.73 bits per heavy atom. The van der Waals surface area contributed by atoms with Crippen LogP contribution in [-0.4, -0.2) is 20.2 Å².